The number of nitrogens with one attached hydrogen (secondary N) is 4. The van der Waals surface area contributed by atoms with E-state index >= 15 is 0 Å². The van der Waals surface area contributed by atoms with Crippen molar-refractivity contribution in [2.45, 2.75) is 5.92 Å². The molecule has 0 fully saturated rings. The number of amides is 2. The van der Waals surface area contributed by atoms with Crippen molar-refractivity contribution in [3.05, 3.63) is 106 Å². The molecule has 2 aromatic heterocycles. The molecule has 0 atom stereocenters. The summed E-state index contributed by atoms with van der Waals surface area (Å²) in [5.41, 5.74) is 2.86. The first-order valence-corrected chi connectivity index (χ1v) is 11.3. The van der Waals surface area contributed by atoms with Crippen molar-refractivity contribution in [2.75, 3.05) is 10.6 Å². The van der Waals surface area contributed by atoms with Crippen LogP contribution in [0.25, 0.3) is 11.0 Å². The fourth-order valence-electron chi connectivity index (χ4n) is 3.78. The summed E-state index contributed by atoms with van der Waals surface area (Å²) in [5, 5.41) is 6.67. The Hall–Kier alpha value is -4.14. The summed E-state index contributed by atoms with van der Waals surface area (Å²) < 4.78 is 0. The van der Waals surface area contributed by atoms with Gasteiger partial charge in [-0.2, -0.15) is 0 Å². The Balaban J connectivity index is 1.45. The zero-order chi connectivity index (χ0) is 24.4. The van der Waals surface area contributed by atoms with E-state index in [1.807, 2.05) is 0 Å². The SMILES string of the molecule is O=C(Nc1ncc[nH]1)c1cccc2[nH]c(NC(=O)C(c3ccc(Cl)cc3)c3ccc(Cl)cc3)nc12. The van der Waals surface area contributed by atoms with Crippen LogP contribution in [0.1, 0.15) is 27.4 Å². The van der Waals surface area contributed by atoms with Crippen LogP contribution in [0.4, 0.5) is 11.9 Å². The third-order valence-electron chi connectivity index (χ3n) is 5.40. The molecule has 0 aliphatic heterocycles. The van der Waals surface area contributed by atoms with E-state index in [4.69, 9.17) is 23.2 Å². The van der Waals surface area contributed by atoms with Crippen LogP contribution in [0.5, 0.6) is 0 Å². The molecule has 8 nitrogen and oxygen atoms in total. The van der Waals surface area contributed by atoms with Crippen LogP contribution in [0.15, 0.2) is 79.1 Å². The molecule has 10 heteroatoms. The van der Waals surface area contributed by atoms with E-state index < -0.39 is 5.92 Å². The van der Waals surface area contributed by atoms with Gasteiger partial charge in [-0.15, -0.1) is 0 Å². The average Bonchev–Trinajstić information content (AvgIpc) is 3.50. The van der Waals surface area contributed by atoms with Gasteiger partial charge in [0.1, 0.15) is 5.52 Å². The van der Waals surface area contributed by atoms with Gasteiger partial charge in [-0.25, -0.2) is 9.97 Å². The lowest BCUT2D eigenvalue weighted by Gasteiger charge is -2.17. The first-order chi connectivity index (χ1) is 17.0. The summed E-state index contributed by atoms with van der Waals surface area (Å²) in [6.07, 6.45) is 3.15. The van der Waals surface area contributed by atoms with Gasteiger partial charge in [-0.3, -0.25) is 20.2 Å². The van der Waals surface area contributed by atoms with Crippen molar-refractivity contribution in [3.8, 4) is 0 Å². The van der Waals surface area contributed by atoms with Crippen LogP contribution in [-0.2, 0) is 4.79 Å². The highest BCUT2D eigenvalue weighted by atomic mass is 35.5. The fraction of sp³-hybridized carbons (Fsp3) is 0.0400. The number of rotatable bonds is 6. The zero-order valence-electron chi connectivity index (χ0n) is 18.0. The van der Waals surface area contributed by atoms with Gasteiger partial charge in [0.25, 0.3) is 5.91 Å². The monoisotopic (exact) mass is 504 g/mol. The molecule has 0 spiro atoms. The van der Waals surface area contributed by atoms with Crippen LogP contribution in [0, 0.1) is 0 Å². The minimum absolute atomic E-state index is 0.219. The molecule has 0 aliphatic rings. The third-order valence-corrected chi connectivity index (χ3v) is 5.90. The Morgan fingerprint density at radius 1 is 0.829 bits per heavy atom. The first-order valence-electron chi connectivity index (χ1n) is 10.6. The van der Waals surface area contributed by atoms with Gasteiger partial charge in [0.05, 0.1) is 17.0 Å². The zero-order valence-corrected chi connectivity index (χ0v) is 19.6. The smallest absolute Gasteiger partial charge is 0.260 e. The van der Waals surface area contributed by atoms with Crippen LogP contribution in [0.2, 0.25) is 10.0 Å². The summed E-state index contributed by atoms with van der Waals surface area (Å²) in [5.74, 6) is -0.786. The number of imidazole rings is 2. The number of hydrogen-bond acceptors (Lipinski definition) is 4. The molecule has 5 rings (SSSR count). The molecule has 2 amide bonds. The molecule has 0 unspecified atom stereocenters. The standard InChI is InChI=1S/C25H18Cl2N6O2/c26-16-8-4-14(5-9-16)20(15-6-10-17(27)11-7-15)23(35)33-25-30-19-3-1-2-18(21(19)31-25)22(34)32-24-28-12-13-29-24/h1-13,20H,(H2,28,29,32,34)(H2,30,31,33,35). The number of halogens is 2. The normalized spacial score (nSPS) is 11.1. The molecule has 0 radical (unpaired) electrons. The Bertz CT molecular complexity index is 1450. The van der Waals surface area contributed by atoms with Gasteiger partial charge in [0.2, 0.25) is 17.8 Å². The quantitative estimate of drug-likeness (QED) is 0.240. The van der Waals surface area contributed by atoms with Crippen molar-refractivity contribution in [1.82, 2.24) is 19.9 Å². The van der Waals surface area contributed by atoms with Crippen LogP contribution in [0.3, 0.4) is 0 Å². The minimum Gasteiger partial charge on any atom is -0.331 e. The largest absolute Gasteiger partial charge is 0.331 e. The molecule has 174 valence electrons. The number of fused-ring (bicyclic) bond motifs is 1. The summed E-state index contributed by atoms with van der Waals surface area (Å²) in [4.78, 5) is 40.6. The van der Waals surface area contributed by atoms with Gasteiger partial charge in [0, 0.05) is 22.4 Å². The number of H-pyrrole nitrogens is 2. The summed E-state index contributed by atoms with van der Waals surface area (Å²) >= 11 is 12.1. The lowest BCUT2D eigenvalue weighted by molar-refractivity contribution is -0.116. The van der Waals surface area contributed by atoms with Gasteiger partial charge in [-0.05, 0) is 47.5 Å². The molecule has 35 heavy (non-hydrogen) atoms. The Morgan fingerprint density at radius 3 is 2.09 bits per heavy atom. The summed E-state index contributed by atoms with van der Waals surface area (Å²) in [6.45, 7) is 0. The molecule has 2 heterocycles. The van der Waals surface area contributed by atoms with E-state index in [1.165, 1.54) is 6.20 Å². The Kier molecular flexibility index (Phi) is 6.22. The number of anilines is 2. The van der Waals surface area contributed by atoms with Gasteiger partial charge < -0.3 is 9.97 Å². The molecular weight excluding hydrogens is 487 g/mol. The van der Waals surface area contributed by atoms with E-state index in [2.05, 4.69) is 30.6 Å². The molecule has 5 aromatic rings. The van der Waals surface area contributed by atoms with E-state index in [-0.39, 0.29) is 17.8 Å². The third kappa shape index (κ3) is 4.89. The molecule has 0 bridgehead atoms. The summed E-state index contributed by atoms with van der Waals surface area (Å²) in [7, 11) is 0. The molecule has 0 aliphatic carbocycles. The number of hydrogen-bond donors (Lipinski definition) is 4. The average molecular weight is 505 g/mol. The number of aromatic nitrogens is 4. The van der Waals surface area contributed by atoms with Crippen molar-refractivity contribution in [3.63, 3.8) is 0 Å². The predicted molar refractivity (Wildman–Crippen MR) is 136 cm³/mol. The Morgan fingerprint density at radius 2 is 1.49 bits per heavy atom. The molecule has 0 saturated carbocycles. The van der Waals surface area contributed by atoms with Crippen molar-refractivity contribution < 1.29 is 9.59 Å². The van der Waals surface area contributed by atoms with Crippen LogP contribution < -0.4 is 10.6 Å². The number of para-hydroxylation sites is 1. The number of nitrogens with zero attached hydrogens (tertiary/aromatic N) is 2. The topological polar surface area (TPSA) is 116 Å². The number of aromatic amines is 2. The molecular formula is C25H18Cl2N6O2. The van der Waals surface area contributed by atoms with Crippen molar-refractivity contribution >= 4 is 57.9 Å². The maximum Gasteiger partial charge on any atom is 0.260 e. The maximum atomic E-state index is 13.5. The Labute approximate surface area is 209 Å². The summed E-state index contributed by atoms with van der Waals surface area (Å²) in [6, 6.07) is 19.3. The van der Waals surface area contributed by atoms with E-state index in [0.717, 1.165) is 11.1 Å². The highest BCUT2D eigenvalue weighted by Gasteiger charge is 2.24. The highest BCUT2D eigenvalue weighted by molar-refractivity contribution is 6.30. The second kappa shape index (κ2) is 9.61. The molecule has 3 aromatic carbocycles. The van der Waals surface area contributed by atoms with E-state index in [9.17, 15) is 9.59 Å². The van der Waals surface area contributed by atoms with Crippen LogP contribution >= 0.6 is 23.2 Å². The van der Waals surface area contributed by atoms with E-state index in [1.54, 1.807) is 72.9 Å². The predicted octanol–water partition coefficient (Wildman–Crippen LogP) is 5.62. The second-order valence-electron chi connectivity index (χ2n) is 7.70. The second-order valence-corrected chi connectivity index (χ2v) is 8.58. The lowest BCUT2D eigenvalue weighted by Crippen LogP contribution is -2.22. The number of carbonyl (C=O) groups is 2. The van der Waals surface area contributed by atoms with Crippen molar-refractivity contribution in [1.29, 1.82) is 0 Å². The first kappa shape index (κ1) is 22.6. The van der Waals surface area contributed by atoms with Crippen LogP contribution in [-0.4, -0.2) is 31.8 Å². The minimum atomic E-state index is -0.639. The molecule has 0 saturated heterocycles. The van der Waals surface area contributed by atoms with Gasteiger partial charge in [0.15, 0.2) is 0 Å². The van der Waals surface area contributed by atoms with E-state index in [0.29, 0.717) is 32.6 Å². The van der Waals surface area contributed by atoms with Crippen molar-refractivity contribution in [2.24, 2.45) is 0 Å². The number of carbonyl (C=O) groups excluding carboxylic acids is 2. The maximum absolute atomic E-state index is 13.5. The highest BCUT2D eigenvalue weighted by Crippen LogP contribution is 2.29. The molecule has 4 N–H and O–H groups in total. The number of benzene rings is 3. The lowest BCUT2D eigenvalue weighted by atomic mass is 9.90. The fourth-order valence-corrected chi connectivity index (χ4v) is 4.03. The van der Waals surface area contributed by atoms with Gasteiger partial charge in [-0.1, -0.05) is 53.5 Å². The van der Waals surface area contributed by atoms with Gasteiger partial charge >= 0.3 is 0 Å².